The minimum Gasteiger partial charge on any atom is -0.324 e. The number of amides is 1. The normalized spacial score (nSPS) is 11.0. The number of nitrogens with one attached hydrogen (secondary N) is 1. The minimum atomic E-state index is -0.192. The number of rotatable bonds is 7. The van der Waals surface area contributed by atoms with Crippen LogP contribution < -0.4 is 5.32 Å². The van der Waals surface area contributed by atoms with Crippen molar-refractivity contribution in [1.82, 2.24) is 14.8 Å². The Morgan fingerprint density at radius 3 is 2.69 bits per heavy atom. The third-order valence-corrected chi connectivity index (χ3v) is 7.29. The highest BCUT2D eigenvalue weighted by Gasteiger charge is 2.20. The van der Waals surface area contributed by atoms with Gasteiger partial charge in [-0.25, -0.2) is 0 Å². The number of aryl methyl sites for hydroxylation is 1. The molecule has 2 heterocycles. The molecular formula is C23H20Cl2N4OS2. The molecule has 9 heteroatoms. The molecule has 1 N–H and O–H groups in total. The van der Waals surface area contributed by atoms with E-state index >= 15 is 0 Å². The topological polar surface area (TPSA) is 59.8 Å². The molecule has 0 atom stereocenters. The average Bonchev–Trinajstić information content (AvgIpc) is 3.38. The van der Waals surface area contributed by atoms with Crippen molar-refractivity contribution in [2.45, 2.75) is 25.5 Å². The third-order valence-electron chi connectivity index (χ3n) is 4.85. The zero-order chi connectivity index (χ0) is 22.7. The summed E-state index contributed by atoms with van der Waals surface area (Å²) in [4.78, 5) is 13.7. The lowest BCUT2D eigenvalue weighted by atomic mass is 10.0. The van der Waals surface area contributed by atoms with Gasteiger partial charge in [-0.2, -0.15) is 0 Å². The number of benzene rings is 2. The van der Waals surface area contributed by atoms with E-state index < -0.39 is 0 Å². The van der Waals surface area contributed by atoms with Crippen LogP contribution in [0.25, 0.3) is 22.5 Å². The molecule has 1 amide bonds. The van der Waals surface area contributed by atoms with Gasteiger partial charge in [-0.05, 0) is 37.6 Å². The van der Waals surface area contributed by atoms with Crippen LogP contribution in [-0.4, -0.2) is 26.4 Å². The second kappa shape index (κ2) is 10.1. The smallest absolute Gasteiger partial charge is 0.234 e. The minimum absolute atomic E-state index is 0.176. The van der Waals surface area contributed by atoms with Gasteiger partial charge in [-0.3, -0.25) is 4.79 Å². The predicted octanol–water partition coefficient (Wildman–Crippen LogP) is 7.04. The Bertz CT molecular complexity index is 1250. The van der Waals surface area contributed by atoms with Crippen molar-refractivity contribution in [3.63, 3.8) is 0 Å². The number of carbonyl (C=O) groups is 1. The van der Waals surface area contributed by atoms with Gasteiger partial charge in [0.05, 0.1) is 16.5 Å². The number of carbonyl (C=O) groups excluding carboxylic acids is 1. The van der Waals surface area contributed by atoms with Crippen LogP contribution in [-0.2, 0) is 11.3 Å². The molecule has 4 rings (SSSR count). The summed E-state index contributed by atoms with van der Waals surface area (Å²) < 4.78 is 2.04. The quantitative estimate of drug-likeness (QED) is 0.275. The first-order valence-electron chi connectivity index (χ1n) is 9.92. The molecule has 0 radical (unpaired) electrons. The molecule has 0 aliphatic heterocycles. The maximum atomic E-state index is 12.5. The van der Waals surface area contributed by atoms with Crippen molar-refractivity contribution in [2.24, 2.45) is 0 Å². The number of thioether (sulfide) groups is 1. The lowest BCUT2D eigenvalue weighted by Gasteiger charge is -2.10. The molecule has 4 aromatic rings. The number of hydrogen-bond acceptors (Lipinski definition) is 5. The summed E-state index contributed by atoms with van der Waals surface area (Å²) >= 11 is 15.2. The van der Waals surface area contributed by atoms with Gasteiger partial charge in [0.15, 0.2) is 11.0 Å². The number of anilines is 1. The lowest BCUT2D eigenvalue weighted by Crippen LogP contribution is -2.15. The van der Waals surface area contributed by atoms with Crippen LogP contribution in [0.1, 0.15) is 11.8 Å². The second-order valence-electron chi connectivity index (χ2n) is 6.96. The molecule has 0 fully saturated rings. The molecule has 2 aromatic heterocycles. The fourth-order valence-electron chi connectivity index (χ4n) is 3.37. The van der Waals surface area contributed by atoms with Crippen molar-refractivity contribution in [3.05, 3.63) is 68.8 Å². The molecule has 5 nitrogen and oxygen atoms in total. The molecule has 32 heavy (non-hydrogen) atoms. The zero-order valence-electron chi connectivity index (χ0n) is 17.4. The average molecular weight is 503 g/mol. The van der Waals surface area contributed by atoms with Crippen LogP contribution in [0.2, 0.25) is 10.0 Å². The maximum absolute atomic E-state index is 12.5. The van der Waals surface area contributed by atoms with E-state index in [4.69, 9.17) is 23.2 Å². The SMILES string of the molecule is CCn1c(SCC(=O)Nc2cc(Cl)ccc2Cl)nnc1-c1csc(C)c1-c1ccccc1. The Morgan fingerprint density at radius 2 is 1.94 bits per heavy atom. The summed E-state index contributed by atoms with van der Waals surface area (Å²) in [6, 6.07) is 15.2. The number of hydrogen-bond donors (Lipinski definition) is 1. The van der Waals surface area contributed by atoms with Crippen LogP contribution in [0.3, 0.4) is 0 Å². The highest BCUT2D eigenvalue weighted by Crippen LogP contribution is 2.39. The first-order chi connectivity index (χ1) is 15.5. The van der Waals surface area contributed by atoms with Crippen LogP contribution in [0.5, 0.6) is 0 Å². The van der Waals surface area contributed by atoms with E-state index in [2.05, 4.69) is 40.0 Å². The summed E-state index contributed by atoms with van der Waals surface area (Å²) in [7, 11) is 0. The van der Waals surface area contributed by atoms with Gasteiger partial charge in [-0.15, -0.1) is 21.5 Å². The second-order valence-corrected chi connectivity index (χ2v) is 9.83. The summed E-state index contributed by atoms with van der Waals surface area (Å²) in [6.45, 7) is 4.85. The Hall–Kier alpha value is -2.32. The van der Waals surface area contributed by atoms with Crippen molar-refractivity contribution >= 4 is 57.9 Å². The summed E-state index contributed by atoms with van der Waals surface area (Å²) in [5.74, 6) is 0.786. The standard InChI is InChI=1S/C23H20Cl2N4OS2/c1-3-29-22(17-12-31-14(2)21(17)15-7-5-4-6-8-15)27-28-23(29)32-13-20(30)26-19-11-16(24)9-10-18(19)25/h4-12H,3,13H2,1-2H3,(H,26,30). The number of aromatic nitrogens is 3. The lowest BCUT2D eigenvalue weighted by molar-refractivity contribution is -0.113. The number of halogens is 2. The number of nitrogens with zero attached hydrogens (tertiary/aromatic N) is 3. The summed E-state index contributed by atoms with van der Waals surface area (Å²) in [5.41, 5.74) is 3.86. The molecule has 0 saturated heterocycles. The van der Waals surface area contributed by atoms with Gasteiger partial charge in [-0.1, -0.05) is 65.3 Å². The van der Waals surface area contributed by atoms with Crippen molar-refractivity contribution in [1.29, 1.82) is 0 Å². The largest absolute Gasteiger partial charge is 0.324 e. The van der Waals surface area contributed by atoms with Crippen molar-refractivity contribution < 1.29 is 4.79 Å². The molecule has 0 saturated carbocycles. The maximum Gasteiger partial charge on any atom is 0.234 e. The fourth-order valence-corrected chi connectivity index (χ4v) is 5.38. The van der Waals surface area contributed by atoms with Crippen LogP contribution in [0.4, 0.5) is 5.69 Å². The summed E-state index contributed by atoms with van der Waals surface area (Å²) in [6.07, 6.45) is 0. The van der Waals surface area contributed by atoms with E-state index in [-0.39, 0.29) is 11.7 Å². The Kier molecular flexibility index (Phi) is 7.20. The Labute approximate surface area is 204 Å². The first-order valence-corrected chi connectivity index (χ1v) is 12.5. The molecule has 164 valence electrons. The van der Waals surface area contributed by atoms with Crippen molar-refractivity contribution in [3.8, 4) is 22.5 Å². The Morgan fingerprint density at radius 1 is 1.16 bits per heavy atom. The van der Waals surface area contributed by atoms with Gasteiger partial charge >= 0.3 is 0 Å². The molecule has 0 spiro atoms. The first kappa shape index (κ1) is 22.9. The Balaban J connectivity index is 1.55. The predicted molar refractivity (Wildman–Crippen MR) is 135 cm³/mol. The van der Waals surface area contributed by atoms with Gasteiger partial charge in [0.25, 0.3) is 0 Å². The van der Waals surface area contributed by atoms with Gasteiger partial charge < -0.3 is 9.88 Å². The van der Waals surface area contributed by atoms with Gasteiger partial charge in [0.1, 0.15) is 0 Å². The van der Waals surface area contributed by atoms with E-state index in [9.17, 15) is 4.79 Å². The van der Waals surface area contributed by atoms with Crippen LogP contribution in [0, 0.1) is 6.92 Å². The van der Waals surface area contributed by atoms with Gasteiger partial charge in [0, 0.05) is 33.0 Å². The molecule has 0 aliphatic rings. The van der Waals surface area contributed by atoms with E-state index in [1.54, 1.807) is 29.5 Å². The fraction of sp³-hybridized carbons (Fsp3) is 0.174. The molecular weight excluding hydrogens is 483 g/mol. The molecule has 0 aliphatic carbocycles. The highest BCUT2D eigenvalue weighted by molar-refractivity contribution is 7.99. The van der Waals surface area contributed by atoms with E-state index in [1.807, 2.05) is 29.7 Å². The van der Waals surface area contributed by atoms with E-state index in [0.29, 0.717) is 27.4 Å². The van der Waals surface area contributed by atoms with E-state index in [0.717, 1.165) is 17.0 Å². The molecule has 0 unspecified atom stereocenters. The van der Waals surface area contributed by atoms with Crippen LogP contribution >= 0.6 is 46.3 Å². The summed E-state index contributed by atoms with van der Waals surface area (Å²) in [5, 5.41) is 15.4. The third kappa shape index (κ3) is 4.86. The van der Waals surface area contributed by atoms with E-state index in [1.165, 1.54) is 22.2 Å². The highest BCUT2D eigenvalue weighted by atomic mass is 35.5. The molecule has 2 aromatic carbocycles. The monoisotopic (exact) mass is 502 g/mol. The molecule has 0 bridgehead atoms. The number of thiophene rings is 1. The van der Waals surface area contributed by atoms with Crippen molar-refractivity contribution in [2.75, 3.05) is 11.1 Å². The van der Waals surface area contributed by atoms with Crippen LogP contribution in [0.15, 0.2) is 59.1 Å². The zero-order valence-corrected chi connectivity index (χ0v) is 20.6. The van der Waals surface area contributed by atoms with Gasteiger partial charge in [0.2, 0.25) is 5.91 Å².